The zero-order valence-corrected chi connectivity index (χ0v) is 12.7. The van der Waals surface area contributed by atoms with E-state index in [2.05, 4.69) is 11.9 Å². The lowest BCUT2D eigenvalue weighted by atomic mass is 9.86. The van der Waals surface area contributed by atoms with Crippen molar-refractivity contribution in [1.29, 1.82) is 0 Å². The topological polar surface area (TPSA) is 79.4 Å². The zero-order chi connectivity index (χ0) is 15.9. The molecule has 1 aromatic carbocycles. The van der Waals surface area contributed by atoms with E-state index in [1.54, 1.807) is 0 Å². The van der Waals surface area contributed by atoms with Crippen LogP contribution in [0.15, 0.2) is 18.2 Å². The number of nitrogens with one attached hydrogen (secondary N) is 1. The fraction of sp³-hybridized carbons (Fsp3) is 0.412. The summed E-state index contributed by atoms with van der Waals surface area (Å²) in [7, 11) is 0. The minimum Gasteiger partial charge on any atom is -0.481 e. The zero-order valence-electron chi connectivity index (χ0n) is 12.7. The van der Waals surface area contributed by atoms with Crippen LogP contribution in [0.3, 0.4) is 0 Å². The quantitative estimate of drug-likeness (QED) is 0.909. The monoisotopic (exact) mass is 301 g/mol. The van der Waals surface area contributed by atoms with Gasteiger partial charge in [0.05, 0.1) is 17.7 Å². The summed E-state index contributed by atoms with van der Waals surface area (Å²) >= 11 is 0. The van der Waals surface area contributed by atoms with E-state index in [1.807, 2.05) is 25.1 Å². The first-order valence-electron chi connectivity index (χ1n) is 7.55. The Morgan fingerprint density at radius 2 is 2.18 bits per heavy atom. The minimum atomic E-state index is -0.959. The van der Waals surface area contributed by atoms with Gasteiger partial charge in [-0.05, 0) is 18.4 Å². The third-order valence-electron chi connectivity index (χ3n) is 4.52. The fourth-order valence-corrected chi connectivity index (χ4v) is 3.34. The van der Waals surface area contributed by atoms with Gasteiger partial charge in [0.25, 0.3) is 0 Å². The number of carbonyl (C=O) groups excluding carboxylic acids is 1. The van der Waals surface area contributed by atoms with Gasteiger partial charge in [0.1, 0.15) is 12.2 Å². The Kier molecular flexibility index (Phi) is 3.53. The maximum atomic E-state index is 12.4. The second-order valence-corrected chi connectivity index (χ2v) is 5.70. The van der Waals surface area contributed by atoms with Gasteiger partial charge in [-0.1, -0.05) is 32.0 Å². The second kappa shape index (κ2) is 5.25. The van der Waals surface area contributed by atoms with Crippen LogP contribution in [0.5, 0.6) is 0 Å². The van der Waals surface area contributed by atoms with Crippen molar-refractivity contribution in [2.75, 3.05) is 6.61 Å². The molecule has 5 heteroatoms. The first-order valence-corrected chi connectivity index (χ1v) is 7.55. The molecule has 5 nitrogen and oxygen atoms in total. The van der Waals surface area contributed by atoms with E-state index >= 15 is 0 Å². The first kappa shape index (κ1) is 14.8. The number of para-hydroxylation sites is 1. The van der Waals surface area contributed by atoms with Crippen molar-refractivity contribution in [3.05, 3.63) is 35.0 Å². The van der Waals surface area contributed by atoms with Gasteiger partial charge < -0.3 is 14.8 Å². The summed E-state index contributed by atoms with van der Waals surface area (Å²) in [4.78, 5) is 26.9. The van der Waals surface area contributed by atoms with Gasteiger partial charge in [0, 0.05) is 10.9 Å². The molecule has 0 saturated heterocycles. The summed E-state index contributed by atoms with van der Waals surface area (Å²) in [5, 5.41) is 10.1. The Labute approximate surface area is 128 Å². The van der Waals surface area contributed by atoms with E-state index in [0.717, 1.165) is 22.9 Å². The molecule has 0 bridgehead atoms. The van der Waals surface area contributed by atoms with E-state index in [-0.39, 0.29) is 18.8 Å². The molecule has 2 N–H and O–H groups in total. The van der Waals surface area contributed by atoms with Crippen molar-refractivity contribution in [3.63, 3.8) is 0 Å². The van der Waals surface area contributed by atoms with Crippen molar-refractivity contribution in [3.8, 4) is 0 Å². The van der Waals surface area contributed by atoms with Crippen LogP contribution in [-0.4, -0.2) is 28.4 Å². The van der Waals surface area contributed by atoms with Crippen LogP contribution in [0.1, 0.15) is 48.3 Å². The number of aromatic nitrogens is 1. The lowest BCUT2D eigenvalue weighted by Crippen LogP contribution is -2.39. The van der Waals surface area contributed by atoms with Crippen LogP contribution in [0.2, 0.25) is 0 Å². The minimum absolute atomic E-state index is 0.0720. The Balaban J connectivity index is 2.31. The predicted octanol–water partition coefficient (Wildman–Crippen LogP) is 3.02. The molecule has 1 atom stereocenters. The molecular formula is C17H19NO4. The second-order valence-electron chi connectivity index (χ2n) is 5.70. The number of Topliss-reactive ketones (excluding diaryl/α,β-unsaturated/α-hetero) is 1. The van der Waals surface area contributed by atoms with Crippen molar-refractivity contribution in [1.82, 2.24) is 4.98 Å². The van der Waals surface area contributed by atoms with Crippen molar-refractivity contribution < 1.29 is 19.4 Å². The summed E-state index contributed by atoms with van der Waals surface area (Å²) in [6.45, 7) is 3.86. The third-order valence-corrected chi connectivity index (χ3v) is 4.52. The van der Waals surface area contributed by atoms with Crippen LogP contribution in [0.25, 0.3) is 10.9 Å². The van der Waals surface area contributed by atoms with E-state index < -0.39 is 11.6 Å². The van der Waals surface area contributed by atoms with Crippen molar-refractivity contribution in [2.24, 2.45) is 0 Å². The van der Waals surface area contributed by atoms with Crippen LogP contribution in [-0.2, 0) is 21.6 Å². The van der Waals surface area contributed by atoms with E-state index in [9.17, 15) is 14.7 Å². The summed E-state index contributed by atoms with van der Waals surface area (Å²) in [6.07, 6.45) is 1.18. The van der Waals surface area contributed by atoms with Crippen molar-refractivity contribution in [2.45, 2.75) is 38.7 Å². The van der Waals surface area contributed by atoms with Gasteiger partial charge in [0.2, 0.25) is 0 Å². The van der Waals surface area contributed by atoms with Gasteiger partial charge in [-0.2, -0.15) is 0 Å². The average molecular weight is 301 g/mol. The number of rotatable bonds is 4. The lowest BCUT2D eigenvalue weighted by molar-refractivity contribution is -0.147. The molecule has 0 spiro atoms. The molecule has 22 heavy (non-hydrogen) atoms. The first-order chi connectivity index (χ1) is 10.5. The number of fused-ring (bicyclic) bond motifs is 3. The highest BCUT2D eigenvalue weighted by molar-refractivity contribution is 6.11. The molecule has 3 rings (SSSR count). The number of hydrogen-bond acceptors (Lipinski definition) is 3. The summed E-state index contributed by atoms with van der Waals surface area (Å²) in [5.41, 5.74) is 2.28. The Bertz CT molecular complexity index is 761. The number of carboxylic acids is 1. The highest BCUT2D eigenvalue weighted by Gasteiger charge is 2.43. The molecule has 1 aliphatic heterocycles. The molecule has 116 valence electrons. The maximum absolute atomic E-state index is 12.4. The summed E-state index contributed by atoms with van der Waals surface area (Å²) in [6, 6.07) is 5.86. The predicted molar refractivity (Wildman–Crippen MR) is 82.2 cm³/mol. The number of aromatic amines is 1. The number of aliphatic carboxylic acids is 1. The van der Waals surface area contributed by atoms with Gasteiger partial charge in [-0.15, -0.1) is 0 Å². The lowest BCUT2D eigenvalue weighted by Gasteiger charge is -2.34. The van der Waals surface area contributed by atoms with E-state index in [1.165, 1.54) is 0 Å². The van der Waals surface area contributed by atoms with Crippen LogP contribution >= 0.6 is 0 Å². The Hall–Kier alpha value is -2.14. The number of aryl methyl sites for hydroxylation is 1. The number of ketones is 1. The Morgan fingerprint density at radius 3 is 2.82 bits per heavy atom. The maximum Gasteiger partial charge on any atom is 0.306 e. The smallest absolute Gasteiger partial charge is 0.306 e. The largest absolute Gasteiger partial charge is 0.481 e. The number of carbonyl (C=O) groups is 2. The molecule has 1 aliphatic rings. The van der Waals surface area contributed by atoms with Crippen LogP contribution < -0.4 is 0 Å². The third kappa shape index (κ3) is 2.04. The molecule has 0 saturated carbocycles. The molecular weight excluding hydrogens is 282 g/mol. The van der Waals surface area contributed by atoms with Gasteiger partial charge >= 0.3 is 5.97 Å². The number of hydrogen-bond donors (Lipinski definition) is 2. The van der Waals surface area contributed by atoms with E-state index in [0.29, 0.717) is 17.7 Å². The molecule has 0 fully saturated rings. The van der Waals surface area contributed by atoms with E-state index in [4.69, 9.17) is 4.74 Å². The number of ether oxygens (including phenoxy) is 1. The molecule has 0 amide bonds. The summed E-state index contributed by atoms with van der Waals surface area (Å²) < 4.78 is 5.71. The molecule has 0 radical (unpaired) electrons. The van der Waals surface area contributed by atoms with Crippen LogP contribution in [0, 0.1) is 0 Å². The highest BCUT2D eigenvalue weighted by Crippen LogP contribution is 2.42. The normalized spacial score (nSPS) is 21.1. The molecule has 1 aromatic heterocycles. The highest BCUT2D eigenvalue weighted by atomic mass is 16.5. The van der Waals surface area contributed by atoms with Crippen molar-refractivity contribution >= 4 is 22.7 Å². The molecule has 1 unspecified atom stereocenters. The average Bonchev–Trinajstić information content (AvgIpc) is 2.90. The molecule has 2 aromatic rings. The SMILES string of the molecule is CCc1cccc2c3c([nH]c12)C(CC)(CC(=O)O)OCC3=O. The number of carboxylic acid groups (broad SMARTS) is 1. The van der Waals surface area contributed by atoms with Gasteiger partial charge in [-0.25, -0.2) is 0 Å². The molecule has 0 aliphatic carbocycles. The Morgan fingerprint density at radius 1 is 1.41 bits per heavy atom. The summed E-state index contributed by atoms with van der Waals surface area (Å²) in [5.74, 6) is -1.03. The molecule has 2 heterocycles. The number of benzene rings is 1. The van der Waals surface area contributed by atoms with Crippen LogP contribution in [0.4, 0.5) is 0 Å². The number of H-pyrrole nitrogens is 1. The van der Waals surface area contributed by atoms with Gasteiger partial charge in [0.15, 0.2) is 5.78 Å². The fourth-order valence-electron chi connectivity index (χ4n) is 3.34. The standard InChI is InChI=1S/C17H19NO4/c1-3-10-6-5-7-11-14-12(19)9-22-17(4-2,8-13(20)21)16(14)18-15(10)11/h5-7,18H,3-4,8-9H2,1-2H3,(H,20,21). The van der Waals surface area contributed by atoms with Gasteiger partial charge in [-0.3, -0.25) is 9.59 Å².